The summed E-state index contributed by atoms with van der Waals surface area (Å²) in [7, 11) is 1.37. The maximum Gasteiger partial charge on any atom is 0.387 e. The van der Waals surface area contributed by atoms with Gasteiger partial charge in [-0.05, 0) is 48.9 Å². The molecule has 2 aromatic rings. The van der Waals surface area contributed by atoms with E-state index < -0.39 is 6.61 Å². The molecule has 8 heteroatoms. The van der Waals surface area contributed by atoms with Crippen LogP contribution in [0.15, 0.2) is 41.2 Å². The lowest BCUT2D eigenvalue weighted by Crippen LogP contribution is -2.23. The summed E-state index contributed by atoms with van der Waals surface area (Å²) in [4.78, 5) is 27.1. The quantitative estimate of drug-likeness (QED) is 0.723. The first-order valence-electron chi connectivity index (χ1n) is 9.82. The Hall–Kier alpha value is -3.16. The van der Waals surface area contributed by atoms with Gasteiger partial charge in [0, 0.05) is 29.3 Å². The van der Waals surface area contributed by atoms with Crippen LogP contribution < -0.4 is 20.3 Å². The van der Waals surface area contributed by atoms with E-state index in [0.29, 0.717) is 35.6 Å². The molecule has 2 heterocycles. The minimum atomic E-state index is -2.97. The topological polar surface area (TPSA) is 80.4 Å². The summed E-state index contributed by atoms with van der Waals surface area (Å²) in [6, 6.07) is 8.08. The van der Waals surface area contributed by atoms with Crippen LogP contribution in [0.2, 0.25) is 0 Å². The van der Waals surface area contributed by atoms with Crippen LogP contribution in [0.1, 0.15) is 48.4 Å². The Morgan fingerprint density at radius 3 is 2.53 bits per heavy atom. The number of pyridine rings is 1. The van der Waals surface area contributed by atoms with E-state index in [1.165, 1.54) is 13.2 Å². The van der Waals surface area contributed by atoms with Crippen molar-refractivity contribution in [3.63, 3.8) is 0 Å². The van der Waals surface area contributed by atoms with E-state index in [1.54, 1.807) is 12.1 Å². The second-order valence-corrected chi connectivity index (χ2v) is 7.47. The first kappa shape index (κ1) is 20.1. The van der Waals surface area contributed by atoms with E-state index in [1.807, 2.05) is 18.2 Å². The molecule has 1 aromatic heterocycles. The highest BCUT2D eigenvalue weighted by Crippen LogP contribution is 2.39. The molecule has 158 valence electrons. The molecule has 6 nitrogen and oxygen atoms in total. The van der Waals surface area contributed by atoms with Gasteiger partial charge in [0.05, 0.1) is 7.11 Å². The highest BCUT2D eigenvalue weighted by atomic mass is 19.3. The molecular formula is C22H22F2N2O4. The highest BCUT2D eigenvalue weighted by Gasteiger charge is 2.27. The molecule has 0 spiro atoms. The Balaban J connectivity index is 1.76. The Morgan fingerprint density at radius 2 is 1.93 bits per heavy atom. The van der Waals surface area contributed by atoms with E-state index in [2.05, 4.69) is 15.0 Å². The monoisotopic (exact) mass is 416 g/mol. The van der Waals surface area contributed by atoms with E-state index in [0.717, 1.165) is 18.4 Å². The first-order valence-corrected chi connectivity index (χ1v) is 9.82. The molecule has 0 bridgehead atoms. The molecule has 1 aliphatic heterocycles. The molecule has 1 saturated heterocycles. The minimum absolute atomic E-state index is 0.0357. The molecule has 2 aliphatic rings. The van der Waals surface area contributed by atoms with Crippen LogP contribution in [-0.4, -0.2) is 30.7 Å². The van der Waals surface area contributed by atoms with Gasteiger partial charge in [0.15, 0.2) is 11.5 Å². The predicted molar refractivity (Wildman–Crippen MR) is 107 cm³/mol. The van der Waals surface area contributed by atoms with E-state index >= 15 is 0 Å². The van der Waals surface area contributed by atoms with Crippen LogP contribution in [0.4, 0.5) is 8.78 Å². The SMILES string of the molecule is COc1cc(C(=C[C@H]2CCC(=O)N2)c2ccc(C3CC3)c(=O)[nH]2)ccc1OC(F)F. The number of carbonyl (C=O) groups is 1. The highest BCUT2D eigenvalue weighted by molar-refractivity contribution is 5.83. The number of rotatable bonds is 7. The van der Waals surface area contributed by atoms with Crippen LogP contribution in [0, 0.1) is 0 Å². The standard InChI is InChI=1S/C22H22F2N2O4/c1-29-19-10-13(4-8-18(19)30-22(23)24)16(11-14-5-9-20(27)25-14)17-7-6-15(12-2-3-12)21(28)26-17/h4,6-8,10-12,14,22H,2-3,5,9H2,1H3,(H,25,27)(H,26,28)/t14-/m1/s1. The van der Waals surface area contributed by atoms with Crippen molar-refractivity contribution in [1.82, 2.24) is 10.3 Å². The van der Waals surface area contributed by atoms with Crippen LogP contribution in [0.5, 0.6) is 11.5 Å². The zero-order valence-corrected chi connectivity index (χ0v) is 16.4. The lowest BCUT2D eigenvalue weighted by Gasteiger charge is -2.15. The van der Waals surface area contributed by atoms with Crippen LogP contribution in [-0.2, 0) is 4.79 Å². The third kappa shape index (κ3) is 4.37. The molecule has 2 fully saturated rings. The molecule has 1 amide bonds. The maximum atomic E-state index is 12.7. The van der Waals surface area contributed by atoms with Crippen LogP contribution >= 0.6 is 0 Å². The lowest BCUT2D eigenvalue weighted by atomic mass is 9.98. The second-order valence-electron chi connectivity index (χ2n) is 7.47. The number of aromatic nitrogens is 1. The van der Waals surface area contributed by atoms with Crippen molar-refractivity contribution in [2.75, 3.05) is 7.11 Å². The van der Waals surface area contributed by atoms with Crippen LogP contribution in [0.3, 0.4) is 0 Å². The molecular weight excluding hydrogens is 394 g/mol. The molecule has 4 rings (SSSR count). The second kappa shape index (κ2) is 8.30. The number of amides is 1. The van der Waals surface area contributed by atoms with Crippen molar-refractivity contribution in [3.05, 3.63) is 63.6 Å². The first-order chi connectivity index (χ1) is 14.4. The van der Waals surface area contributed by atoms with Crippen molar-refractivity contribution in [2.45, 2.75) is 44.3 Å². The number of hydrogen-bond donors (Lipinski definition) is 2. The molecule has 0 radical (unpaired) electrons. The summed E-state index contributed by atoms with van der Waals surface area (Å²) in [5, 5.41) is 2.88. The van der Waals surface area contributed by atoms with Gasteiger partial charge in [-0.15, -0.1) is 0 Å². The fraction of sp³-hybridized carbons (Fsp3) is 0.364. The molecule has 1 atom stereocenters. The summed E-state index contributed by atoms with van der Waals surface area (Å²) >= 11 is 0. The average Bonchev–Trinajstić information content (AvgIpc) is 3.47. The Morgan fingerprint density at radius 1 is 1.13 bits per heavy atom. The third-order valence-corrected chi connectivity index (χ3v) is 5.33. The predicted octanol–water partition coefficient (Wildman–Crippen LogP) is 3.57. The van der Waals surface area contributed by atoms with Crippen molar-refractivity contribution < 1.29 is 23.0 Å². The number of ether oxygens (including phenoxy) is 2. The Kier molecular flexibility index (Phi) is 5.57. The summed E-state index contributed by atoms with van der Waals surface area (Å²) in [5.74, 6) is 0.343. The number of methoxy groups -OCH3 is 1. The zero-order chi connectivity index (χ0) is 21.3. The Bertz CT molecular complexity index is 1040. The number of hydrogen-bond acceptors (Lipinski definition) is 4. The van der Waals surface area contributed by atoms with E-state index in [-0.39, 0.29) is 29.0 Å². The molecule has 1 saturated carbocycles. The van der Waals surface area contributed by atoms with Crippen LogP contribution in [0.25, 0.3) is 5.57 Å². The number of nitrogens with one attached hydrogen (secondary N) is 2. The van der Waals surface area contributed by atoms with Gasteiger partial charge < -0.3 is 19.8 Å². The van der Waals surface area contributed by atoms with Crippen molar-refractivity contribution in [3.8, 4) is 11.5 Å². The van der Waals surface area contributed by atoms with Gasteiger partial charge in [0.1, 0.15) is 0 Å². The van der Waals surface area contributed by atoms with Gasteiger partial charge in [-0.25, -0.2) is 0 Å². The minimum Gasteiger partial charge on any atom is -0.493 e. The van der Waals surface area contributed by atoms with Gasteiger partial charge in [0.2, 0.25) is 5.91 Å². The third-order valence-electron chi connectivity index (χ3n) is 5.33. The van der Waals surface area contributed by atoms with Gasteiger partial charge >= 0.3 is 6.61 Å². The van der Waals surface area contributed by atoms with Gasteiger partial charge in [0.25, 0.3) is 5.56 Å². The molecule has 1 aliphatic carbocycles. The number of alkyl halides is 2. The lowest BCUT2D eigenvalue weighted by molar-refractivity contribution is -0.119. The zero-order valence-electron chi connectivity index (χ0n) is 16.4. The molecule has 0 unspecified atom stereocenters. The number of halogens is 2. The van der Waals surface area contributed by atoms with Gasteiger partial charge in [-0.3, -0.25) is 9.59 Å². The number of aromatic amines is 1. The maximum absolute atomic E-state index is 12.7. The van der Waals surface area contributed by atoms with E-state index in [9.17, 15) is 18.4 Å². The number of H-pyrrole nitrogens is 1. The fourth-order valence-electron chi connectivity index (χ4n) is 3.69. The smallest absolute Gasteiger partial charge is 0.387 e. The van der Waals surface area contributed by atoms with E-state index in [4.69, 9.17) is 4.74 Å². The number of carbonyl (C=O) groups excluding carboxylic acids is 1. The molecule has 1 aromatic carbocycles. The largest absolute Gasteiger partial charge is 0.493 e. The molecule has 2 N–H and O–H groups in total. The normalized spacial score (nSPS) is 19.1. The Labute approximate surface area is 171 Å². The summed E-state index contributed by atoms with van der Waals surface area (Å²) in [6.07, 6.45) is 4.96. The summed E-state index contributed by atoms with van der Waals surface area (Å²) in [6.45, 7) is -2.97. The summed E-state index contributed by atoms with van der Waals surface area (Å²) in [5.41, 5.74) is 2.52. The van der Waals surface area contributed by atoms with Crippen molar-refractivity contribution >= 4 is 11.5 Å². The van der Waals surface area contributed by atoms with Crippen molar-refractivity contribution in [1.29, 1.82) is 0 Å². The molecule has 30 heavy (non-hydrogen) atoms. The van der Waals surface area contributed by atoms with Gasteiger partial charge in [-0.1, -0.05) is 18.2 Å². The fourth-order valence-corrected chi connectivity index (χ4v) is 3.69. The number of benzene rings is 1. The van der Waals surface area contributed by atoms with Gasteiger partial charge in [-0.2, -0.15) is 8.78 Å². The average molecular weight is 416 g/mol. The summed E-state index contributed by atoms with van der Waals surface area (Å²) < 4.78 is 35.0. The van der Waals surface area contributed by atoms with Crippen molar-refractivity contribution in [2.24, 2.45) is 0 Å².